The predicted molar refractivity (Wildman–Crippen MR) is 106 cm³/mol. The van der Waals surface area contributed by atoms with E-state index in [-0.39, 0.29) is 0 Å². The second-order valence-corrected chi connectivity index (χ2v) is 6.40. The molecule has 0 saturated heterocycles. The minimum atomic E-state index is 0.449. The number of hydrogen-bond acceptors (Lipinski definition) is 4. The molecule has 0 saturated carbocycles. The highest BCUT2D eigenvalue weighted by Crippen LogP contribution is 2.25. The van der Waals surface area contributed by atoms with Gasteiger partial charge in [0.1, 0.15) is 11.3 Å². The average Bonchev–Trinajstić information content (AvgIpc) is 3.20. The maximum absolute atomic E-state index is 5.93. The summed E-state index contributed by atoms with van der Waals surface area (Å²) in [5.74, 6) is 1.60. The minimum absolute atomic E-state index is 0.449. The number of para-hydroxylation sites is 1. The number of hydrogen-bond donors (Lipinski definition) is 1. The summed E-state index contributed by atoms with van der Waals surface area (Å²) < 4.78 is 8.03. The Labute approximate surface area is 156 Å². The van der Waals surface area contributed by atoms with E-state index in [1.165, 1.54) is 0 Å². The van der Waals surface area contributed by atoms with E-state index in [1.807, 2.05) is 55.5 Å². The first kappa shape index (κ1) is 16.5. The Morgan fingerprint density at radius 1 is 1.19 bits per heavy atom. The summed E-state index contributed by atoms with van der Waals surface area (Å²) in [5.41, 5.74) is 3.94. The van der Waals surface area contributed by atoms with Gasteiger partial charge in [0, 0.05) is 22.9 Å². The van der Waals surface area contributed by atoms with Crippen LogP contribution in [-0.2, 0) is 6.42 Å². The fourth-order valence-electron chi connectivity index (χ4n) is 3.03. The number of fused-ring (bicyclic) bond motifs is 1. The van der Waals surface area contributed by atoms with Gasteiger partial charge in [0.25, 0.3) is 0 Å². The van der Waals surface area contributed by atoms with E-state index in [2.05, 4.69) is 22.2 Å². The lowest BCUT2D eigenvalue weighted by Crippen LogP contribution is -1.97. The molecular formula is C20H18N4OS. The van der Waals surface area contributed by atoms with Gasteiger partial charge in [-0.1, -0.05) is 49.4 Å². The van der Waals surface area contributed by atoms with Crippen molar-refractivity contribution in [1.29, 1.82) is 0 Å². The molecule has 2 aromatic heterocycles. The Balaban J connectivity index is 1.84. The quantitative estimate of drug-likeness (QED) is 0.405. The Morgan fingerprint density at radius 2 is 1.96 bits per heavy atom. The van der Waals surface area contributed by atoms with Crippen molar-refractivity contribution < 1.29 is 4.42 Å². The van der Waals surface area contributed by atoms with Crippen LogP contribution in [0.5, 0.6) is 0 Å². The van der Waals surface area contributed by atoms with Crippen LogP contribution < -0.4 is 0 Å². The van der Waals surface area contributed by atoms with Crippen LogP contribution in [0.4, 0.5) is 0 Å². The van der Waals surface area contributed by atoms with E-state index in [0.717, 1.165) is 39.8 Å². The number of H-pyrrole nitrogens is 1. The van der Waals surface area contributed by atoms with Gasteiger partial charge in [0.15, 0.2) is 5.82 Å². The van der Waals surface area contributed by atoms with E-state index in [9.17, 15) is 0 Å². The maximum atomic E-state index is 5.93. The van der Waals surface area contributed by atoms with E-state index in [1.54, 1.807) is 10.9 Å². The summed E-state index contributed by atoms with van der Waals surface area (Å²) in [6, 6.07) is 16.0. The van der Waals surface area contributed by atoms with Crippen molar-refractivity contribution in [2.45, 2.75) is 20.3 Å². The van der Waals surface area contributed by atoms with Gasteiger partial charge in [-0.25, -0.2) is 5.10 Å². The Kier molecular flexibility index (Phi) is 4.26. The fraction of sp³-hybridized carbons (Fsp3) is 0.150. The van der Waals surface area contributed by atoms with Crippen molar-refractivity contribution in [3.8, 4) is 11.4 Å². The van der Waals surface area contributed by atoms with Gasteiger partial charge in [-0.2, -0.15) is 14.9 Å². The Morgan fingerprint density at radius 3 is 2.77 bits per heavy atom. The van der Waals surface area contributed by atoms with Gasteiger partial charge >= 0.3 is 0 Å². The standard InChI is InChI=1S/C20H18N4OS/c1-3-17-16(15-10-6-7-11-18(15)25-17)12-21-24-19(22-23-20(24)26)14-9-5-4-8-13(14)2/h4-12H,3H2,1-2H3,(H,23,26)/b21-12-. The lowest BCUT2D eigenvalue weighted by atomic mass is 10.1. The summed E-state index contributed by atoms with van der Waals surface area (Å²) in [6.07, 6.45) is 2.59. The van der Waals surface area contributed by atoms with Crippen molar-refractivity contribution in [1.82, 2.24) is 14.9 Å². The summed E-state index contributed by atoms with van der Waals surface area (Å²) >= 11 is 5.38. The fourth-order valence-corrected chi connectivity index (χ4v) is 3.21. The SMILES string of the molecule is CCc1oc2ccccc2c1/C=N\n1c(-c2ccccc2C)n[nH]c1=S. The molecule has 5 nitrogen and oxygen atoms in total. The van der Waals surface area contributed by atoms with Crippen molar-refractivity contribution in [2.24, 2.45) is 5.10 Å². The molecule has 1 N–H and O–H groups in total. The monoisotopic (exact) mass is 362 g/mol. The first-order valence-corrected chi connectivity index (χ1v) is 8.88. The second kappa shape index (κ2) is 6.72. The van der Waals surface area contributed by atoms with Crippen LogP contribution in [0.25, 0.3) is 22.4 Å². The number of aromatic nitrogens is 3. The molecule has 6 heteroatoms. The van der Waals surface area contributed by atoms with Gasteiger partial charge in [-0.3, -0.25) is 0 Å². The molecule has 130 valence electrons. The van der Waals surface area contributed by atoms with Gasteiger partial charge in [-0.15, -0.1) is 0 Å². The second-order valence-electron chi connectivity index (χ2n) is 6.01. The Bertz CT molecular complexity index is 1170. The number of nitrogens with one attached hydrogen (secondary N) is 1. The van der Waals surface area contributed by atoms with Crippen LogP contribution in [0.1, 0.15) is 23.8 Å². The van der Waals surface area contributed by atoms with Gasteiger partial charge in [-0.05, 0) is 30.8 Å². The molecule has 26 heavy (non-hydrogen) atoms. The summed E-state index contributed by atoms with van der Waals surface area (Å²) in [7, 11) is 0. The predicted octanol–water partition coefficient (Wildman–Crippen LogP) is 5.11. The first-order chi connectivity index (χ1) is 12.7. The van der Waals surface area contributed by atoms with Crippen molar-refractivity contribution in [3.63, 3.8) is 0 Å². The Hall–Kier alpha value is -2.99. The summed E-state index contributed by atoms with van der Waals surface area (Å²) in [5, 5.41) is 12.9. The number of aryl methyl sites for hydroxylation is 2. The molecule has 0 fully saturated rings. The molecule has 0 aliphatic carbocycles. The zero-order chi connectivity index (χ0) is 18.1. The smallest absolute Gasteiger partial charge is 0.216 e. The number of furan rings is 1. The summed E-state index contributed by atoms with van der Waals surface area (Å²) in [4.78, 5) is 0. The zero-order valence-corrected chi connectivity index (χ0v) is 15.4. The third kappa shape index (κ3) is 2.78. The maximum Gasteiger partial charge on any atom is 0.216 e. The van der Waals surface area contributed by atoms with E-state index in [0.29, 0.717) is 10.6 Å². The van der Waals surface area contributed by atoms with Crippen molar-refractivity contribution in [3.05, 3.63) is 70.2 Å². The molecule has 0 amide bonds. The van der Waals surface area contributed by atoms with E-state index >= 15 is 0 Å². The molecule has 0 atom stereocenters. The minimum Gasteiger partial charge on any atom is -0.460 e. The average molecular weight is 362 g/mol. The molecule has 2 heterocycles. The van der Waals surface area contributed by atoms with Crippen molar-refractivity contribution in [2.75, 3.05) is 0 Å². The molecule has 0 unspecified atom stereocenters. The van der Waals surface area contributed by atoms with Gasteiger partial charge in [0.2, 0.25) is 4.77 Å². The van der Waals surface area contributed by atoms with Gasteiger partial charge in [0.05, 0.1) is 6.21 Å². The van der Waals surface area contributed by atoms with E-state index in [4.69, 9.17) is 16.6 Å². The highest BCUT2D eigenvalue weighted by Gasteiger charge is 2.13. The molecule has 4 rings (SSSR count). The molecule has 0 spiro atoms. The topological polar surface area (TPSA) is 59.1 Å². The van der Waals surface area contributed by atoms with Crippen LogP contribution in [0.2, 0.25) is 0 Å². The number of benzene rings is 2. The first-order valence-electron chi connectivity index (χ1n) is 8.47. The zero-order valence-electron chi connectivity index (χ0n) is 14.6. The third-order valence-corrected chi connectivity index (χ3v) is 4.63. The third-order valence-electron chi connectivity index (χ3n) is 4.37. The molecular weight excluding hydrogens is 344 g/mol. The van der Waals surface area contributed by atoms with Crippen molar-refractivity contribution >= 4 is 29.4 Å². The number of nitrogens with zero attached hydrogens (tertiary/aromatic N) is 3. The van der Waals surface area contributed by atoms with Gasteiger partial charge < -0.3 is 4.42 Å². The molecule has 0 bridgehead atoms. The summed E-state index contributed by atoms with van der Waals surface area (Å²) in [6.45, 7) is 4.11. The highest BCUT2D eigenvalue weighted by atomic mass is 32.1. The number of rotatable bonds is 4. The molecule has 4 aromatic rings. The molecule has 2 aromatic carbocycles. The normalized spacial score (nSPS) is 11.6. The van der Waals surface area contributed by atoms with Crippen LogP contribution in [0, 0.1) is 11.7 Å². The highest BCUT2D eigenvalue weighted by molar-refractivity contribution is 7.71. The van der Waals surface area contributed by atoms with Crippen LogP contribution >= 0.6 is 12.2 Å². The molecule has 0 radical (unpaired) electrons. The lowest BCUT2D eigenvalue weighted by Gasteiger charge is -2.04. The molecule has 0 aliphatic heterocycles. The molecule has 0 aliphatic rings. The van der Waals surface area contributed by atoms with Crippen LogP contribution in [0.3, 0.4) is 0 Å². The van der Waals surface area contributed by atoms with Crippen LogP contribution in [0.15, 0.2) is 58.0 Å². The largest absolute Gasteiger partial charge is 0.460 e. The number of aromatic amines is 1. The lowest BCUT2D eigenvalue weighted by molar-refractivity contribution is 0.556. The van der Waals surface area contributed by atoms with Crippen LogP contribution in [-0.4, -0.2) is 21.1 Å². The van der Waals surface area contributed by atoms with E-state index < -0.39 is 0 Å².